The number of pyridine rings is 1. The molecule has 3 aromatic rings. The standard InChI is InChI=1S/C16H12F2N2O2/c1-9(13-8-10(17)2-3-14(13)18)22-16(21)12-5-7-20-15-11(12)4-6-19-15/h2-9H,1H3,(H,19,20). The SMILES string of the molecule is CC(OC(=O)c1ccnc2[nH]ccc12)c1cc(F)ccc1F. The summed E-state index contributed by atoms with van der Waals surface area (Å²) in [6.07, 6.45) is 2.22. The third kappa shape index (κ3) is 2.55. The van der Waals surface area contributed by atoms with Gasteiger partial charge in [0.15, 0.2) is 0 Å². The molecule has 1 aromatic carbocycles. The molecule has 1 atom stereocenters. The third-order valence-corrected chi connectivity index (χ3v) is 3.36. The lowest BCUT2D eigenvalue weighted by atomic mass is 10.1. The molecule has 3 rings (SSSR count). The summed E-state index contributed by atoms with van der Waals surface area (Å²) >= 11 is 0. The van der Waals surface area contributed by atoms with E-state index in [1.807, 2.05) is 0 Å². The molecule has 4 nitrogen and oxygen atoms in total. The van der Waals surface area contributed by atoms with Gasteiger partial charge in [-0.25, -0.2) is 18.6 Å². The van der Waals surface area contributed by atoms with Gasteiger partial charge in [0.2, 0.25) is 0 Å². The zero-order valence-corrected chi connectivity index (χ0v) is 11.6. The molecule has 112 valence electrons. The maximum absolute atomic E-state index is 13.7. The highest BCUT2D eigenvalue weighted by atomic mass is 19.1. The monoisotopic (exact) mass is 302 g/mol. The first-order valence-electron chi connectivity index (χ1n) is 6.64. The van der Waals surface area contributed by atoms with Gasteiger partial charge in [-0.2, -0.15) is 0 Å². The Balaban J connectivity index is 1.88. The predicted octanol–water partition coefficient (Wildman–Crippen LogP) is 3.76. The zero-order chi connectivity index (χ0) is 15.7. The van der Waals surface area contributed by atoms with Crippen molar-refractivity contribution in [2.24, 2.45) is 0 Å². The molecular formula is C16H12F2N2O2. The first kappa shape index (κ1) is 14.2. The second-order valence-electron chi connectivity index (χ2n) is 4.81. The van der Waals surface area contributed by atoms with E-state index in [9.17, 15) is 13.6 Å². The molecule has 0 aliphatic heterocycles. The Morgan fingerprint density at radius 2 is 2.09 bits per heavy atom. The molecule has 6 heteroatoms. The van der Waals surface area contributed by atoms with E-state index >= 15 is 0 Å². The van der Waals surface area contributed by atoms with E-state index in [1.54, 1.807) is 12.3 Å². The van der Waals surface area contributed by atoms with Gasteiger partial charge in [0.05, 0.1) is 5.56 Å². The first-order valence-corrected chi connectivity index (χ1v) is 6.64. The Kier molecular flexibility index (Phi) is 3.58. The number of rotatable bonds is 3. The lowest BCUT2D eigenvalue weighted by molar-refractivity contribution is 0.0333. The molecule has 0 bridgehead atoms. The number of nitrogens with one attached hydrogen (secondary N) is 1. The molecule has 0 amide bonds. The second kappa shape index (κ2) is 5.55. The molecular weight excluding hydrogens is 290 g/mol. The van der Waals surface area contributed by atoms with Crippen molar-refractivity contribution in [2.45, 2.75) is 13.0 Å². The van der Waals surface area contributed by atoms with Crippen LogP contribution in [0.5, 0.6) is 0 Å². The number of fused-ring (bicyclic) bond motifs is 1. The van der Waals surface area contributed by atoms with Crippen LogP contribution < -0.4 is 0 Å². The number of halogens is 2. The lowest BCUT2D eigenvalue weighted by Crippen LogP contribution is -2.11. The quantitative estimate of drug-likeness (QED) is 0.749. The molecule has 1 unspecified atom stereocenters. The number of esters is 1. The number of benzene rings is 1. The van der Waals surface area contributed by atoms with E-state index in [0.29, 0.717) is 16.6 Å². The number of aromatic amines is 1. The Labute approximate surface area is 124 Å². The van der Waals surface area contributed by atoms with Crippen molar-refractivity contribution in [3.05, 3.63) is 65.5 Å². The third-order valence-electron chi connectivity index (χ3n) is 3.36. The number of carbonyl (C=O) groups excluding carboxylic acids is 1. The summed E-state index contributed by atoms with van der Waals surface area (Å²) in [5, 5.41) is 0.611. The lowest BCUT2D eigenvalue weighted by Gasteiger charge is -2.14. The van der Waals surface area contributed by atoms with Crippen molar-refractivity contribution in [1.29, 1.82) is 0 Å². The number of hydrogen-bond donors (Lipinski definition) is 1. The number of nitrogens with zero attached hydrogens (tertiary/aromatic N) is 1. The average molecular weight is 302 g/mol. The molecule has 22 heavy (non-hydrogen) atoms. The van der Waals surface area contributed by atoms with Crippen LogP contribution in [0.15, 0.2) is 42.7 Å². The van der Waals surface area contributed by atoms with E-state index < -0.39 is 23.7 Å². The fraction of sp³-hybridized carbons (Fsp3) is 0.125. The van der Waals surface area contributed by atoms with Gasteiger partial charge in [-0.3, -0.25) is 0 Å². The minimum Gasteiger partial charge on any atom is -0.454 e. The van der Waals surface area contributed by atoms with Crippen LogP contribution in [0.25, 0.3) is 11.0 Å². The fourth-order valence-electron chi connectivity index (χ4n) is 2.25. The van der Waals surface area contributed by atoms with Gasteiger partial charge in [-0.05, 0) is 37.3 Å². The highest BCUT2D eigenvalue weighted by Gasteiger charge is 2.19. The van der Waals surface area contributed by atoms with E-state index in [4.69, 9.17) is 4.74 Å². The van der Waals surface area contributed by atoms with Crippen molar-refractivity contribution in [3.8, 4) is 0 Å². The number of H-pyrrole nitrogens is 1. The van der Waals surface area contributed by atoms with Gasteiger partial charge in [-0.1, -0.05) is 0 Å². The van der Waals surface area contributed by atoms with Crippen LogP contribution in [0.2, 0.25) is 0 Å². The molecule has 0 saturated heterocycles. The molecule has 1 N–H and O–H groups in total. The second-order valence-corrected chi connectivity index (χ2v) is 4.81. The van der Waals surface area contributed by atoms with E-state index in [2.05, 4.69) is 9.97 Å². The van der Waals surface area contributed by atoms with Crippen LogP contribution in [-0.2, 0) is 4.74 Å². The molecule has 0 spiro atoms. The van der Waals surface area contributed by atoms with Crippen molar-refractivity contribution >= 4 is 17.0 Å². The molecule has 0 aliphatic carbocycles. The normalized spacial score (nSPS) is 12.3. The first-order chi connectivity index (χ1) is 10.6. The van der Waals surface area contributed by atoms with Crippen LogP contribution >= 0.6 is 0 Å². The van der Waals surface area contributed by atoms with E-state index in [1.165, 1.54) is 19.2 Å². The van der Waals surface area contributed by atoms with Crippen LogP contribution in [0.1, 0.15) is 28.9 Å². The minimum absolute atomic E-state index is 0.00674. The van der Waals surface area contributed by atoms with Gasteiger partial charge < -0.3 is 9.72 Å². The molecule has 2 aromatic heterocycles. The number of ether oxygens (including phenoxy) is 1. The van der Waals surface area contributed by atoms with Crippen molar-refractivity contribution in [1.82, 2.24) is 9.97 Å². The van der Waals surface area contributed by atoms with Gasteiger partial charge in [0.1, 0.15) is 23.4 Å². The summed E-state index contributed by atoms with van der Waals surface area (Å²) in [4.78, 5) is 19.2. The minimum atomic E-state index is -0.912. The molecule has 0 saturated carbocycles. The van der Waals surface area contributed by atoms with Gasteiger partial charge in [0.25, 0.3) is 0 Å². The maximum Gasteiger partial charge on any atom is 0.339 e. The Bertz CT molecular complexity index is 845. The maximum atomic E-state index is 13.7. The topological polar surface area (TPSA) is 55.0 Å². The highest BCUT2D eigenvalue weighted by Crippen LogP contribution is 2.24. The summed E-state index contributed by atoms with van der Waals surface area (Å²) in [7, 11) is 0. The number of hydrogen-bond acceptors (Lipinski definition) is 3. The van der Waals surface area contributed by atoms with Crippen LogP contribution in [-0.4, -0.2) is 15.9 Å². The summed E-state index contributed by atoms with van der Waals surface area (Å²) in [5.74, 6) is -1.83. The van der Waals surface area contributed by atoms with Crippen molar-refractivity contribution in [2.75, 3.05) is 0 Å². The smallest absolute Gasteiger partial charge is 0.339 e. The Morgan fingerprint density at radius 3 is 2.91 bits per heavy atom. The average Bonchev–Trinajstić information content (AvgIpc) is 2.97. The van der Waals surface area contributed by atoms with Crippen LogP contribution in [0.3, 0.4) is 0 Å². The fourth-order valence-corrected chi connectivity index (χ4v) is 2.25. The van der Waals surface area contributed by atoms with Gasteiger partial charge >= 0.3 is 5.97 Å². The summed E-state index contributed by atoms with van der Waals surface area (Å²) in [5.41, 5.74) is 0.863. The number of carbonyl (C=O) groups is 1. The van der Waals surface area contributed by atoms with E-state index in [0.717, 1.165) is 18.2 Å². The van der Waals surface area contributed by atoms with Gasteiger partial charge in [0, 0.05) is 23.3 Å². The molecule has 0 fully saturated rings. The largest absolute Gasteiger partial charge is 0.454 e. The zero-order valence-electron chi connectivity index (χ0n) is 11.6. The predicted molar refractivity (Wildman–Crippen MR) is 76.3 cm³/mol. The molecule has 0 radical (unpaired) electrons. The van der Waals surface area contributed by atoms with Crippen LogP contribution in [0.4, 0.5) is 8.78 Å². The van der Waals surface area contributed by atoms with Crippen molar-refractivity contribution < 1.29 is 18.3 Å². The van der Waals surface area contributed by atoms with E-state index in [-0.39, 0.29) is 5.56 Å². The molecule has 0 aliphatic rings. The molecule has 2 heterocycles. The number of aromatic nitrogens is 2. The Morgan fingerprint density at radius 1 is 1.27 bits per heavy atom. The van der Waals surface area contributed by atoms with Crippen molar-refractivity contribution in [3.63, 3.8) is 0 Å². The summed E-state index contributed by atoms with van der Waals surface area (Å²) in [6.45, 7) is 1.49. The van der Waals surface area contributed by atoms with Gasteiger partial charge in [-0.15, -0.1) is 0 Å². The Hall–Kier alpha value is -2.76. The summed E-state index contributed by atoms with van der Waals surface area (Å²) < 4.78 is 32.2. The highest BCUT2D eigenvalue weighted by molar-refractivity contribution is 6.02. The summed E-state index contributed by atoms with van der Waals surface area (Å²) in [6, 6.07) is 6.26. The van der Waals surface area contributed by atoms with Crippen LogP contribution in [0, 0.1) is 11.6 Å².